The number of hydrogen-bond acceptors (Lipinski definition) is 4. The minimum atomic E-state index is 0. The number of para-hydroxylation sites is 4. The van der Waals surface area contributed by atoms with E-state index >= 15 is 0 Å². The number of benzene rings is 6. The van der Waals surface area contributed by atoms with E-state index in [0.717, 1.165) is 122 Å². The summed E-state index contributed by atoms with van der Waals surface area (Å²) >= 11 is 0. The maximum Gasteiger partial charge on any atom is 0.0963 e. The quantitative estimate of drug-likeness (QED) is 0.173. The van der Waals surface area contributed by atoms with E-state index in [9.17, 15) is 0 Å². The summed E-state index contributed by atoms with van der Waals surface area (Å²) in [6.45, 7) is 0. The standard InChI is InChI=1S/C56H34N8.V/c1-5-17-45-41(13-1)53-49(21-9-25-57-53)61(45)37-29-35(30-38(33-37)62-46-18-6-2-14-42(46)54-50(62)22-10-26-58-54)36-31-39(63-47-19-7-3-15-43(47)55-51(63)23-11-27-59-55)34-40(32-36)64-48-20-8-4-16-44(48)56-52(64)24-12-28-60-56;/h1-34H;. The minimum Gasteiger partial charge on any atom is -0.308 e. The Balaban J connectivity index is 0.00000423. The van der Waals surface area contributed by atoms with Crippen molar-refractivity contribution in [3.8, 4) is 33.9 Å². The van der Waals surface area contributed by atoms with Crippen LogP contribution in [0.15, 0.2) is 207 Å². The topological polar surface area (TPSA) is 71.3 Å². The zero-order valence-corrected chi connectivity index (χ0v) is 36.1. The molecule has 8 nitrogen and oxygen atoms in total. The van der Waals surface area contributed by atoms with E-state index < -0.39 is 0 Å². The van der Waals surface area contributed by atoms with Crippen molar-refractivity contribution in [1.82, 2.24) is 38.2 Å². The molecule has 8 aromatic heterocycles. The van der Waals surface area contributed by atoms with E-state index in [2.05, 4.69) is 176 Å². The molecule has 0 fully saturated rings. The molecule has 8 heterocycles. The van der Waals surface area contributed by atoms with Gasteiger partial charge in [-0.1, -0.05) is 72.8 Å². The number of pyridine rings is 4. The Morgan fingerprint density at radius 2 is 0.477 bits per heavy atom. The summed E-state index contributed by atoms with van der Waals surface area (Å²) in [6.07, 6.45) is 7.53. The Labute approximate surface area is 383 Å². The van der Waals surface area contributed by atoms with Crippen LogP contribution in [0.2, 0.25) is 0 Å². The molecule has 1 radical (unpaired) electrons. The average Bonchev–Trinajstić information content (AvgIpc) is 4.09. The van der Waals surface area contributed by atoms with Crippen LogP contribution < -0.4 is 0 Å². The van der Waals surface area contributed by atoms with Crippen LogP contribution in [0.1, 0.15) is 0 Å². The summed E-state index contributed by atoms with van der Waals surface area (Å²) in [7, 11) is 0. The van der Waals surface area contributed by atoms with Crippen molar-refractivity contribution in [2.24, 2.45) is 0 Å². The van der Waals surface area contributed by atoms with E-state index in [0.29, 0.717) is 0 Å². The van der Waals surface area contributed by atoms with Crippen LogP contribution in [-0.2, 0) is 18.6 Å². The minimum absolute atomic E-state index is 0. The number of aromatic nitrogens is 8. The van der Waals surface area contributed by atoms with Crippen molar-refractivity contribution in [2.45, 2.75) is 0 Å². The van der Waals surface area contributed by atoms with Gasteiger partial charge in [0, 0.05) is 87.6 Å². The largest absolute Gasteiger partial charge is 0.308 e. The molecule has 0 atom stereocenters. The number of fused-ring (bicyclic) bond motifs is 12. The zero-order valence-electron chi connectivity index (χ0n) is 34.7. The third-order valence-corrected chi connectivity index (χ3v) is 12.9. The van der Waals surface area contributed by atoms with E-state index in [4.69, 9.17) is 19.9 Å². The molecule has 0 saturated carbocycles. The van der Waals surface area contributed by atoms with E-state index in [1.54, 1.807) is 0 Å². The second-order valence-electron chi connectivity index (χ2n) is 16.4. The Bertz CT molecular complexity index is 3480. The van der Waals surface area contributed by atoms with Gasteiger partial charge in [0.05, 0.1) is 66.2 Å². The third kappa shape index (κ3) is 5.45. The van der Waals surface area contributed by atoms with E-state index in [1.165, 1.54) is 0 Å². The van der Waals surface area contributed by atoms with Crippen LogP contribution >= 0.6 is 0 Å². The molecule has 0 amide bonds. The van der Waals surface area contributed by atoms with Crippen LogP contribution in [0.4, 0.5) is 0 Å². The number of hydrogen-bond donors (Lipinski definition) is 0. The number of rotatable bonds is 5. The molecule has 0 bridgehead atoms. The molecule has 9 heteroatoms. The van der Waals surface area contributed by atoms with Gasteiger partial charge in [-0.05, 0) is 120 Å². The van der Waals surface area contributed by atoms with E-state index in [-0.39, 0.29) is 18.6 Å². The Morgan fingerprint density at radius 1 is 0.246 bits per heavy atom. The monoisotopic (exact) mass is 869 g/mol. The molecule has 0 N–H and O–H groups in total. The van der Waals surface area contributed by atoms with Crippen molar-refractivity contribution >= 4 is 87.7 Å². The van der Waals surface area contributed by atoms with Crippen LogP contribution in [0, 0.1) is 0 Å². The maximum absolute atomic E-state index is 4.92. The molecule has 14 aromatic rings. The van der Waals surface area contributed by atoms with E-state index in [1.807, 2.05) is 49.1 Å². The van der Waals surface area contributed by atoms with Crippen molar-refractivity contribution in [1.29, 1.82) is 0 Å². The second kappa shape index (κ2) is 14.4. The Hall–Kier alpha value is -8.30. The van der Waals surface area contributed by atoms with Crippen LogP contribution in [0.5, 0.6) is 0 Å². The summed E-state index contributed by atoms with van der Waals surface area (Å²) in [6, 6.07) is 65.0. The number of nitrogens with zero attached hydrogens (tertiary/aromatic N) is 8. The van der Waals surface area contributed by atoms with Gasteiger partial charge in [-0.3, -0.25) is 19.9 Å². The second-order valence-corrected chi connectivity index (χ2v) is 16.4. The molecular weight excluding hydrogens is 836 g/mol. The van der Waals surface area contributed by atoms with Gasteiger partial charge in [-0.25, -0.2) is 0 Å². The zero-order chi connectivity index (χ0) is 41.9. The van der Waals surface area contributed by atoms with Crippen molar-refractivity contribution in [2.75, 3.05) is 0 Å². The first-order valence-corrected chi connectivity index (χ1v) is 21.5. The molecule has 0 aliphatic carbocycles. The summed E-state index contributed by atoms with van der Waals surface area (Å²) < 4.78 is 9.44. The Morgan fingerprint density at radius 3 is 0.738 bits per heavy atom. The van der Waals surface area contributed by atoms with Gasteiger partial charge < -0.3 is 18.3 Å². The molecule has 0 saturated heterocycles. The first-order chi connectivity index (χ1) is 31.8. The van der Waals surface area contributed by atoms with Gasteiger partial charge in [-0.2, -0.15) is 0 Å². The average molecular weight is 870 g/mol. The molecule has 0 aliphatic rings. The molecule has 0 unspecified atom stereocenters. The van der Waals surface area contributed by atoms with Crippen LogP contribution in [0.25, 0.3) is 122 Å². The van der Waals surface area contributed by atoms with Crippen LogP contribution in [0.3, 0.4) is 0 Å². The third-order valence-electron chi connectivity index (χ3n) is 12.9. The molecule has 0 spiro atoms. The molecule has 303 valence electrons. The van der Waals surface area contributed by atoms with Gasteiger partial charge in [-0.15, -0.1) is 0 Å². The maximum atomic E-state index is 4.92. The van der Waals surface area contributed by atoms with Gasteiger partial charge in [0.15, 0.2) is 0 Å². The first kappa shape index (κ1) is 37.3. The molecule has 6 aromatic carbocycles. The predicted octanol–water partition coefficient (Wildman–Crippen LogP) is 13.3. The first-order valence-electron chi connectivity index (χ1n) is 21.5. The van der Waals surface area contributed by atoms with Crippen molar-refractivity contribution in [3.05, 3.63) is 207 Å². The molecular formula is C56H34N8V. The van der Waals surface area contributed by atoms with Crippen molar-refractivity contribution in [3.63, 3.8) is 0 Å². The van der Waals surface area contributed by atoms with Gasteiger partial charge in [0.1, 0.15) is 0 Å². The molecule has 0 aliphatic heterocycles. The predicted molar refractivity (Wildman–Crippen MR) is 260 cm³/mol. The molecule has 14 rings (SSSR count). The summed E-state index contributed by atoms with van der Waals surface area (Å²) in [4.78, 5) is 19.7. The fourth-order valence-corrected chi connectivity index (χ4v) is 10.3. The van der Waals surface area contributed by atoms with Gasteiger partial charge >= 0.3 is 0 Å². The fraction of sp³-hybridized carbons (Fsp3) is 0. The summed E-state index contributed by atoms with van der Waals surface area (Å²) in [5, 5.41) is 4.43. The summed E-state index contributed by atoms with van der Waals surface area (Å²) in [5.74, 6) is 0. The normalized spacial score (nSPS) is 11.9. The van der Waals surface area contributed by atoms with Gasteiger partial charge in [0.25, 0.3) is 0 Å². The SMILES string of the molecule is [V].c1ccc2c(c1)c1ncccc1n2-c1cc(-c2cc(-n3c4ccccc4c4ncccc43)cc(-n3c4ccccc4c4ncccc43)c2)cc(-n2c3ccccc3c3ncccc32)c1. The van der Waals surface area contributed by atoms with Crippen molar-refractivity contribution < 1.29 is 18.6 Å². The van der Waals surface area contributed by atoms with Crippen LogP contribution in [-0.4, -0.2) is 38.2 Å². The van der Waals surface area contributed by atoms with Gasteiger partial charge in [0.2, 0.25) is 0 Å². The molecule has 65 heavy (non-hydrogen) atoms. The summed E-state index contributed by atoms with van der Waals surface area (Å²) in [5.41, 5.74) is 18.6. The smallest absolute Gasteiger partial charge is 0.0963 e. The fourth-order valence-electron chi connectivity index (χ4n) is 10.3. The Kier molecular flexibility index (Phi) is 8.24.